The number of rotatable bonds is 4. The number of benzene rings is 1. The molecule has 1 aromatic carbocycles. The van der Waals surface area contributed by atoms with Crippen molar-refractivity contribution >= 4 is 27.7 Å². The molecular weight excluding hydrogens is 364 g/mol. The highest BCUT2D eigenvalue weighted by molar-refractivity contribution is 6.01. The van der Waals surface area contributed by atoms with E-state index < -0.39 is 16.8 Å². The number of carbonyl (C=O) groups is 1. The van der Waals surface area contributed by atoms with Gasteiger partial charge in [0.2, 0.25) is 0 Å². The van der Waals surface area contributed by atoms with Gasteiger partial charge in [0.25, 0.3) is 0 Å². The molecule has 0 fully saturated rings. The molecule has 2 aromatic heterocycles. The molecule has 28 heavy (non-hydrogen) atoms. The minimum Gasteiger partial charge on any atom is -0.509 e. The quantitative estimate of drug-likeness (QED) is 0.681. The SMILES string of the molecule is CC1(C)O[C@](C)(CCOc2c3ccoc3cc3oc(=O)ccc23)C(=O)C=C1O. The maximum absolute atomic E-state index is 12.4. The van der Waals surface area contributed by atoms with Crippen molar-refractivity contribution in [1.82, 2.24) is 0 Å². The predicted octanol–water partition coefficient (Wildman–Crippen LogP) is 3.89. The molecule has 0 spiro atoms. The Morgan fingerprint density at radius 2 is 1.82 bits per heavy atom. The molecule has 4 rings (SSSR count). The van der Waals surface area contributed by atoms with Crippen LogP contribution in [0.3, 0.4) is 0 Å². The van der Waals surface area contributed by atoms with E-state index >= 15 is 0 Å². The summed E-state index contributed by atoms with van der Waals surface area (Å²) in [6.45, 7) is 5.25. The molecule has 7 nitrogen and oxygen atoms in total. The molecule has 7 heteroatoms. The second-order valence-corrected chi connectivity index (χ2v) is 7.54. The Labute approximate surface area is 160 Å². The van der Waals surface area contributed by atoms with Gasteiger partial charge >= 0.3 is 5.63 Å². The Morgan fingerprint density at radius 1 is 1.07 bits per heavy atom. The first-order chi connectivity index (χ1) is 13.2. The second-order valence-electron chi connectivity index (χ2n) is 7.54. The van der Waals surface area contributed by atoms with Gasteiger partial charge in [-0.1, -0.05) is 0 Å². The van der Waals surface area contributed by atoms with E-state index in [0.717, 1.165) is 5.39 Å². The lowest BCUT2D eigenvalue weighted by molar-refractivity contribution is -0.167. The fourth-order valence-corrected chi connectivity index (χ4v) is 3.40. The molecule has 0 saturated heterocycles. The summed E-state index contributed by atoms with van der Waals surface area (Å²) >= 11 is 0. The summed E-state index contributed by atoms with van der Waals surface area (Å²) in [5, 5.41) is 11.3. The topological polar surface area (TPSA) is 99.1 Å². The summed E-state index contributed by atoms with van der Waals surface area (Å²) in [5.74, 6) is 0.0971. The van der Waals surface area contributed by atoms with Crippen LogP contribution in [0.25, 0.3) is 21.9 Å². The van der Waals surface area contributed by atoms with E-state index in [9.17, 15) is 14.7 Å². The first kappa shape index (κ1) is 18.3. The maximum Gasteiger partial charge on any atom is 0.336 e. The van der Waals surface area contributed by atoms with E-state index in [4.69, 9.17) is 18.3 Å². The van der Waals surface area contributed by atoms with Crippen LogP contribution in [0.4, 0.5) is 0 Å². The smallest absolute Gasteiger partial charge is 0.336 e. The monoisotopic (exact) mass is 384 g/mol. The third-order valence-electron chi connectivity index (χ3n) is 5.02. The molecule has 3 aromatic rings. The van der Waals surface area contributed by atoms with E-state index in [1.807, 2.05) is 0 Å². The molecule has 1 N–H and O–H groups in total. The van der Waals surface area contributed by atoms with Crippen molar-refractivity contribution in [3.63, 3.8) is 0 Å². The standard InChI is InChI=1S/C21H20O7/c1-20(2)16(22)11-17(23)21(3,28-20)7-9-26-19-12-4-5-18(24)27-15(12)10-14-13(19)6-8-25-14/h4-6,8,10-11,22H,7,9H2,1-3H3/t21-/m1/s1. The van der Waals surface area contributed by atoms with Crippen molar-refractivity contribution in [2.45, 2.75) is 38.4 Å². The van der Waals surface area contributed by atoms with Gasteiger partial charge in [0.15, 0.2) is 5.78 Å². The number of ketones is 1. The van der Waals surface area contributed by atoms with Crippen molar-refractivity contribution in [2.75, 3.05) is 6.61 Å². The largest absolute Gasteiger partial charge is 0.509 e. The predicted molar refractivity (Wildman–Crippen MR) is 102 cm³/mol. The van der Waals surface area contributed by atoms with Crippen LogP contribution in [-0.4, -0.2) is 28.7 Å². The molecule has 0 radical (unpaired) electrons. The average Bonchev–Trinajstić information content (AvgIpc) is 3.07. The number of hydrogen-bond acceptors (Lipinski definition) is 7. The van der Waals surface area contributed by atoms with E-state index in [0.29, 0.717) is 22.3 Å². The van der Waals surface area contributed by atoms with Crippen LogP contribution < -0.4 is 10.4 Å². The third kappa shape index (κ3) is 2.97. The van der Waals surface area contributed by atoms with Crippen LogP contribution in [-0.2, 0) is 9.53 Å². The Bertz CT molecular complexity index is 1160. The fraction of sp³-hybridized carbons (Fsp3) is 0.333. The summed E-state index contributed by atoms with van der Waals surface area (Å²) < 4.78 is 22.5. The highest BCUT2D eigenvalue weighted by atomic mass is 16.5. The number of hydrogen-bond donors (Lipinski definition) is 1. The summed E-state index contributed by atoms with van der Waals surface area (Å²) in [6, 6.07) is 6.37. The van der Waals surface area contributed by atoms with Crippen molar-refractivity contribution in [3.05, 3.63) is 52.8 Å². The van der Waals surface area contributed by atoms with Crippen LogP contribution in [0.2, 0.25) is 0 Å². The molecule has 0 amide bonds. The highest BCUT2D eigenvalue weighted by Gasteiger charge is 2.44. The van der Waals surface area contributed by atoms with E-state index in [-0.39, 0.29) is 24.6 Å². The zero-order valence-electron chi connectivity index (χ0n) is 15.8. The van der Waals surface area contributed by atoms with Crippen LogP contribution in [0.5, 0.6) is 5.75 Å². The highest BCUT2D eigenvalue weighted by Crippen LogP contribution is 2.37. The normalized spacial score (nSPS) is 21.8. The molecule has 1 aliphatic heterocycles. The molecule has 0 saturated carbocycles. The van der Waals surface area contributed by atoms with Gasteiger partial charge in [-0.25, -0.2) is 4.79 Å². The Balaban J connectivity index is 1.63. The minimum atomic E-state index is -1.12. The van der Waals surface area contributed by atoms with E-state index in [1.165, 1.54) is 18.4 Å². The molecule has 0 unspecified atom stereocenters. The molecule has 146 valence electrons. The summed E-state index contributed by atoms with van der Waals surface area (Å²) in [7, 11) is 0. The van der Waals surface area contributed by atoms with Gasteiger partial charge in [-0.2, -0.15) is 0 Å². The van der Waals surface area contributed by atoms with Crippen LogP contribution in [0, 0.1) is 0 Å². The van der Waals surface area contributed by atoms with Gasteiger partial charge in [0.05, 0.1) is 23.6 Å². The number of carbonyl (C=O) groups excluding carboxylic acids is 1. The molecular formula is C21H20O7. The number of fused-ring (bicyclic) bond motifs is 2. The van der Waals surface area contributed by atoms with Gasteiger partial charge in [0, 0.05) is 24.6 Å². The molecule has 3 heterocycles. The molecule has 0 bridgehead atoms. The van der Waals surface area contributed by atoms with Gasteiger partial charge in [-0.3, -0.25) is 4.79 Å². The van der Waals surface area contributed by atoms with Crippen molar-refractivity contribution < 1.29 is 28.2 Å². The number of aliphatic hydroxyl groups is 1. The Morgan fingerprint density at radius 3 is 2.61 bits per heavy atom. The van der Waals surface area contributed by atoms with Crippen molar-refractivity contribution in [2.24, 2.45) is 0 Å². The zero-order valence-corrected chi connectivity index (χ0v) is 15.8. The molecule has 1 aliphatic rings. The number of aliphatic hydroxyl groups excluding tert-OH is 1. The Kier molecular flexibility index (Phi) is 4.08. The molecule has 1 atom stereocenters. The van der Waals surface area contributed by atoms with E-state index in [2.05, 4.69) is 0 Å². The fourth-order valence-electron chi connectivity index (χ4n) is 3.40. The maximum atomic E-state index is 12.4. The van der Waals surface area contributed by atoms with Gasteiger partial charge in [-0.15, -0.1) is 0 Å². The first-order valence-corrected chi connectivity index (χ1v) is 8.92. The number of ether oxygens (including phenoxy) is 2. The lowest BCUT2D eigenvalue weighted by Gasteiger charge is -2.39. The second kappa shape index (κ2) is 6.24. The minimum absolute atomic E-state index is 0.0971. The van der Waals surface area contributed by atoms with Gasteiger partial charge in [0.1, 0.15) is 33.9 Å². The first-order valence-electron chi connectivity index (χ1n) is 8.92. The van der Waals surface area contributed by atoms with E-state index in [1.54, 1.807) is 39.0 Å². The third-order valence-corrected chi connectivity index (χ3v) is 5.02. The summed E-state index contributed by atoms with van der Waals surface area (Å²) in [5.41, 5.74) is -1.66. The Hall–Kier alpha value is -3.06. The van der Waals surface area contributed by atoms with Crippen molar-refractivity contribution in [1.29, 1.82) is 0 Å². The summed E-state index contributed by atoms with van der Waals surface area (Å²) in [6.07, 6.45) is 3.01. The summed E-state index contributed by atoms with van der Waals surface area (Å²) in [4.78, 5) is 23.9. The van der Waals surface area contributed by atoms with Gasteiger partial charge < -0.3 is 23.4 Å². The molecule has 0 aliphatic carbocycles. The lowest BCUT2D eigenvalue weighted by atomic mass is 9.89. The lowest BCUT2D eigenvalue weighted by Crippen LogP contribution is -2.50. The van der Waals surface area contributed by atoms with Crippen LogP contribution in [0.15, 0.2) is 56.0 Å². The van der Waals surface area contributed by atoms with Gasteiger partial charge in [-0.05, 0) is 32.9 Å². The zero-order chi connectivity index (χ0) is 20.1. The van der Waals surface area contributed by atoms with Crippen molar-refractivity contribution in [3.8, 4) is 5.75 Å². The van der Waals surface area contributed by atoms with Crippen LogP contribution >= 0.6 is 0 Å². The number of furan rings is 1. The average molecular weight is 384 g/mol. The van der Waals surface area contributed by atoms with Crippen LogP contribution in [0.1, 0.15) is 27.2 Å².